The number of pyridine rings is 1. The van der Waals surface area contributed by atoms with E-state index in [1.807, 2.05) is 24.3 Å². The maximum atomic E-state index is 5.84. The molecule has 1 heterocycles. The van der Waals surface area contributed by atoms with Crippen molar-refractivity contribution in [2.45, 2.75) is 13.3 Å². The second kappa shape index (κ2) is 4.17. The molecule has 0 fully saturated rings. The van der Waals surface area contributed by atoms with Crippen molar-refractivity contribution in [3.8, 4) is 5.75 Å². The summed E-state index contributed by atoms with van der Waals surface area (Å²) in [5, 5.41) is 0.978. The van der Waals surface area contributed by atoms with Crippen LogP contribution in [0.4, 0.5) is 5.69 Å². The van der Waals surface area contributed by atoms with Crippen molar-refractivity contribution in [1.29, 1.82) is 0 Å². The van der Waals surface area contributed by atoms with Crippen LogP contribution in [0.1, 0.15) is 13.3 Å². The van der Waals surface area contributed by atoms with Crippen LogP contribution in [-0.2, 0) is 0 Å². The van der Waals surface area contributed by atoms with Crippen LogP contribution in [-0.4, -0.2) is 11.6 Å². The number of anilines is 1. The molecule has 0 spiro atoms. The second-order valence-electron chi connectivity index (χ2n) is 3.40. The van der Waals surface area contributed by atoms with E-state index < -0.39 is 0 Å². The normalized spacial score (nSPS) is 10.5. The van der Waals surface area contributed by atoms with Crippen LogP contribution in [0.15, 0.2) is 30.5 Å². The highest BCUT2D eigenvalue weighted by atomic mass is 16.5. The molecule has 0 aliphatic carbocycles. The number of ether oxygens (including phenoxy) is 1. The summed E-state index contributed by atoms with van der Waals surface area (Å²) in [6, 6.07) is 7.61. The summed E-state index contributed by atoms with van der Waals surface area (Å²) >= 11 is 0. The molecule has 2 rings (SSSR count). The molecule has 15 heavy (non-hydrogen) atoms. The van der Waals surface area contributed by atoms with Crippen molar-refractivity contribution >= 4 is 16.6 Å². The minimum absolute atomic E-state index is 0.689. The maximum Gasteiger partial charge on any atom is 0.130 e. The SMILES string of the molecule is CCCOc1ccnc2c(N)cccc12. The predicted octanol–water partition coefficient (Wildman–Crippen LogP) is 2.61. The van der Waals surface area contributed by atoms with Gasteiger partial charge in [0.05, 0.1) is 17.8 Å². The molecule has 0 saturated carbocycles. The van der Waals surface area contributed by atoms with Crippen LogP contribution in [0.2, 0.25) is 0 Å². The average Bonchev–Trinajstić information content (AvgIpc) is 2.27. The predicted molar refractivity (Wildman–Crippen MR) is 61.9 cm³/mol. The van der Waals surface area contributed by atoms with Gasteiger partial charge in [-0.2, -0.15) is 0 Å². The van der Waals surface area contributed by atoms with Crippen LogP contribution >= 0.6 is 0 Å². The first-order chi connectivity index (χ1) is 7.33. The minimum Gasteiger partial charge on any atom is -0.493 e. The van der Waals surface area contributed by atoms with Crippen molar-refractivity contribution in [3.63, 3.8) is 0 Å². The highest BCUT2D eigenvalue weighted by Gasteiger charge is 2.04. The summed E-state index contributed by atoms with van der Waals surface area (Å²) in [5.74, 6) is 0.856. The fraction of sp³-hybridized carbons (Fsp3) is 0.250. The van der Waals surface area contributed by atoms with Crippen molar-refractivity contribution < 1.29 is 4.74 Å². The number of para-hydroxylation sites is 1. The Bertz CT molecular complexity index is 468. The third-order valence-corrected chi connectivity index (χ3v) is 2.22. The third-order valence-electron chi connectivity index (χ3n) is 2.22. The fourth-order valence-electron chi connectivity index (χ4n) is 1.51. The zero-order chi connectivity index (χ0) is 10.7. The van der Waals surface area contributed by atoms with Crippen LogP contribution in [0.25, 0.3) is 10.9 Å². The van der Waals surface area contributed by atoms with E-state index in [-0.39, 0.29) is 0 Å². The monoisotopic (exact) mass is 202 g/mol. The smallest absolute Gasteiger partial charge is 0.130 e. The number of nitrogens with two attached hydrogens (primary N) is 1. The molecular formula is C12H14N2O. The van der Waals surface area contributed by atoms with E-state index in [2.05, 4.69) is 11.9 Å². The number of hydrogen-bond donors (Lipinski definition) is 1. The number of nitrogen functional groups attached to an aromatic ring is 1. The Kier molecular flexibility index (Phi) is 2.72. The summed E-state index contributed by atoms with van der Waals surface area (Å²) in [6.07, 6.45) is 2.72. The fourth-order valence-corrected chi connectivity index (χ4v) is 1.51. The van der Waals surface area contributed by atoms with E-state index >= 15 is 0 Å². The van der Waals surface area contributed by atoms with Gasteiger partial charge in [-0.1, -0.05) is 13.0 Å². The first-order valence-corrected chi connectivity index (χ1v) is 5.09. The Labute approximate surface area is 88.9 Å². The summed E-state index contributed by atoms with van der Waals surface area (Å²) in [7, 11) is 0. The molecule has 2 aromatic rings. The average molecular weight is 202 g/mol. The summed E-state index contributed by atoms with van der Waals surface area (Å²) < 4.78 is 5.63. The maximum absolute atomic E-state index is 5.84. The molecular weight excluding hydrogens is 188 g/mol. The molecule has 0 bridgehead atoms. The first-order valence-electron chi connectivity index (χ1n) is 5.09. The van der Waals surface area contributed by atoms with E-state index in [1.54, 1.807) is 6.20 Å². The lowest BCUT2D eigenvalue weighted by Gasteiger charge is -2.08. The molecule has 0 saturated heterocycles. The van der Waals surface area contributed by atoms with Crippen molar-refractivity contribution in [3.05, 3.63) is 30.5 Å². The van der Waals surface area contributed by atoms with Gasteiger partial charge in [-0.25, -0.2) is 0 Å². The Morgan fingerprint density at radius 1 is 1.33 bits per heavy atom. The zero-order valence-corrected chi connectivity index (χ0v) is 8.73. The van der Waals surface area contributed by atoms with Gasteiger partial charge in [-0.15, -0.1) is 0 Å². The number of rotatable bonds is 3. The minimum atomic E-state index is 0.689. The Morgan fingerprint density at radius 3 is 3.00 bits per heavy atom. The highest BCUT2D eigenvalue weighted by molar-refractivity contribution is 5.93. The van der Waals surface area contributed by atoms with Crippen LogP contribution in [0.5, 0.6) is 5.75 Å². The van der Waals surface area contributed by atoms with Gasteiger partial charge in [0.1, 0.15) is 5.75 Å². The molecule has 0 atom stereocenters. The second-order valence-corrected chi connectivity index (χ2v) is 3.40. The molecule has 0 aliphatic rings. The van der Waals surface area contributed by atoms with Crippen LogP contribution in [0, 0.1) is 0 Å². The molecule has 3 heteroatoms. The standard InChI is InChI=1S/C12H14N2O/c1-2-8-15-11-6-7-14-12-9(11)4-3-5-10(12)13/h3-7H,2,8,13H2,1H3. The van der Waals surface area contributed by atoms with Gasteiger partial charge in [0, 0.05) is 11.6 Å². The number of nitrogens with zero attached hydrogens (tertiary/aromatic N) is 1. The van der Waals surface area contributed by atoms with Gasteiger partial charge in [0.2, 0.25) is 0 Å². The number of fused-ring (bicyclic) bond motifs is 1. The van der Waals surface area contributed by atoms with E-state index in [4.69, 9.17) is 10.5 Å². The summed E-state index contributed by atoms with van der Waals surface area (Å²) in [5.41, 5.74) is 7.34. The van der Waals surface area contributed by atoms with Gasteiger partial charge in [-0.05, 0) is 24.6 Å². The van der Waals surface area contributed by atoms with E-state index in [9.17, 15) is 0 Å². The number of benzene rings is 1. The van der Waals surface area contributed by atoms with Crippen molar-refractivity contribution in [2.75, 3.05) is 12.3 Å². The molecule has 1 aromatic heterocycles. The lowest BCUT2D eigenvalue weighted by molar-refractivity contribution is 0.321. The Hall–Kier alpha value is -1.77. The summed E-state index contributed by atoms with van der Waals surface area (Å²) in [4.78, 5) is 4.24. The van der Waals surface area contributed by atoms with Crippen molar-refractivity contribution in [2.24, 2.45) is 0 Å². The number of hydrogen-bond acceptors (Lipinski definition) is 3. The first kappa shape index (κ1) is 9.77. The van der Waals surface area contributed by atoms with Crippen LogP contribution < -0.4 is 10.5 Å². The molecule has 0 radical (unpaired) electrons. The largest absolute Gasteiger partial charge is 0.493 e. The lowest BCUT2D eigenvalue weighted by Crippen LogP contribution is -1.97. The third kappa shape index (κ3) is 1.86. The molecule has 1 aromatic carbocycles. The summed E-state index contributed by atoms with van der Waals surface area (Å²) in [6.45, 7) is 2.80. The molecule has 2 N–H and O–H groups in total. The van der Waals surface area contributed by atoms with Crippen LogP contribution in [0.3, 0.4) is 0 Å². The number of aromatic nitrogens is 1. The van der Waals surface area contributed by atoms with E-state index in [0.717, 1.165) is 23.1 Å². The topological polar surface area (TPSA) is 48.1 Å². The molecule has 0 amide bonds. The van der Waals surface area contributed by atoms with E-state index in [1.165, 1.54) is 0 Å². The quantitative estimate of drug-likeness (QED) is 0.778. The Balaban J connectivity index is 2.51. The molecule has 78 valence electrons. The van der Waals surface area contributed by atoms with Gasteiger partial charge in [0.25, 0.3) is 0 Å². The van der Waals surface area contributed by atoms with Gasteiger partial charge >= 0.3 is 0 Å². The van der Waals surface area contributed by atoms with Gasteiger partial charge in [-0.3, -0.25) is 4.98 Å². The lowest BCUT2D eigenvalue weighted by atomic mass is 10.2. The van der Waals surface area contributed by atoms with E-state index in [0.29, 0.717) is 12.3 Å². The molecule has 0 aliphatic heterocycles. The Morgan fingerprint density at radius 2 is 2.20 bits per heavy atom. The molecule has 0 unspecified atom stereocenters. The van der Waals surface area contributed by atoms with Crippen molar-refractivity contribution in [1.82, 2.24) is 4.98 Å². The molecule has 3 nitrogen and oxygen atoms in total. The zero-order valence-electron chi connectivity index (χ0n) is 8.73. The van der Waals surface area contributed by atoms with Gasteiger partial charge in [0.15, 0.2) is 0 Å². The van der Waals surface area contributed by atoms with Gasteiger partial charge < -0.3 is 10.5 Å². The highest BCUT2D eigenvalue weighted by Crippen LogP contribution is 2.27.